The number of hydrogen-bond acceptors (Lipinski definition) is 3. The molecule has 0 saturated carbocycles. The normalized spacial score (nSPS) is 17.9. The van der Waals surface area contributed by atoms with E-state index in [1.807, 2.05) is 0 Å². The number of aromatic nitrogens is 1. The van der Waals surface area contributed by atoms with Gasteiger partial charge in [0.25, 0.3) is 11.5 Å². The number of likely N-dealkylation sites (tertiary alicyclic amines) is 1. The zero-order chi connectivity index (χ0) is 16.6. The molecule has 2 aliphatic rings. The van der Waals surface area contributed by atoms with E-state index in [1.54, 1.807) is 30.0 Å². The summed E-state index contributed by atoms with van der Waals surface area (Å²) in [5.74, 6) is -0.114. The van der Waals surface area contributed by atoms with Crippen LogP contribution in [0.2, 0.25) is 0 Å². The number of aromatic amines is 1. The van der Waals surface area contributed by atoms with Gasteiger partial charge in [0, 0.05) is 38.8 Å². The summed E-state index contributed by atoms with van der Waals surface area (Å²) >= 11 is 0. The van der Waals surface area contributed by atoms with Crippen LogP contribution >= 0.6 is 0 Å². The van der Waals surface area contributed by atoms with Crippen molar-refractivity contribution in [3.05, 3.63) is 33.2 Å². The van der Waals surface area contributed by atoms with E-state index in [-0.39, 0.29) is 28.9 Å². The van der Waals surface area contributed by atoms with Crippen molar-refractivity contribution in [2.75, 3.05) is 27.2 Å². The Balaban J connectivity index is 1.71. The van der Waals surface area contributed by atoms with E-state index in [2.05, 4.69) is 4.98 Å². The van der Waals surface area contributed by atoms with Crippen LogP contribution in [0.25, 0.3) is 0 Å². The van der Waals surface area contributed by atoms with E-state index in [0.717, 1.165) is 30.5 Å². The summed E-state index contributed by atoms with van der Waals surface area (Å²) < 4.78 is 0. The SMILES string of the molecule is CN(C)C(=O)C1CCN(C(=O)c2cc3c([nH]c2=O)CCC3)CC1. The van der Waals surface area contributed by atoms with Crippen molar-refractivity contribution in [2.24, 2.45) is 5.92 Å². The van der Waals surface area contributed by atoms with Gasteiger partial charge >= 0.3 is 0 Å². The molecule has 1 aliphatic heterocycles. The molecule has 2 amide bonds. The summed E-state index contributed by atoms with van der Waals surface area (Å²) in [5, 5.41) is 0. The third kappa shape index (κ3) is 3.02. The first-order valence-electron chi connectivity index (χ1n) is 8.23. The molecule has 1 aromatic heterocycles. The number of carbonyl (C=O) groups excluding carboxylic acids is 2. The topological polar surface area (TPSA) is 73.5 Å². The molecule has 0 aromatic carbocycles. The third-order valence-corrected chi connectivity index (χ3v) is 4.89. The minimum Gasteiger partial charge on any atom is -0.349 e. The van der Waals surface area contributed by atoms with Crippen LogP contribution in [0.15, 0.2) is 10.9 Å². The average molecular weight is 317 g/mol. The van der Waals surface area contributed by atoms with Crippen LogP contribution < -0.4 is 5.56 Å². The summed E-state index contributed by atoms with van der Waals surface area (Å²) in [6, 6.07) is 1.76. The fraction of sp³-hybridized carbons (Fsp3) is 0.588. The largest absolute Gasteiger partial charge is 0.349 e. The van der Waals surface area contributed by atoms with Gasteiger partial charge in [-0.15, -0.1) is 0 Å². The molecule has 6 nitrogen and oxygen atoms in total. The highest BCUT2D eigenvalue weighted by molar-refractivity contribution is 5.94. The molecule has 2 heterocycles. The van der Waals surface area contributed by atoms with Crippen molar-refractivity contribution < 1.29 is 9.59 Å². The number of H-pyrrole nitrogens is 1. The van der Waals surface area contributed by atoms with Gasteiger partial charge in [0.15, 0.2) is 0 Å². The summed E-state index contributed by atoms with van der Waals surface area (Å²) in [6.45, 7) is 1.05. The first-order chi connectivity index (χ1) is 11.0. The molecule has 0 atom stereocenters. The number of amides is 2. The zero-order valence-corrected chi connectivity index (χ0v) is 13.7. The molecule has 124 valence electrons. The molecule has 0 unspecified atom stereocenters. The number of nitrogens with one attached hydrogen (secondary N) is 1. The summed E-state index contributed by atoms with van der Waals surface area (Å²) in [7, 11) is 3.51. The van der Waals surface area contributed by atoms with Crippen molar-refractivity contribution in [1.29, 1.82) is 0 Å². The standard InChI is InChI=1S/C17H23N3O3/c1-19(2)16(22)11-6-8-20(9-7-11)17(23)13-10-12-4-3-5-14(12)18-15(13)21/h10-11H,3-9H2,1-2H3,(H,18,21). The Bertz CT molecular complexity index is 685. The minimum absolute atomic E-state index is 0.0210. The van der Waals surface area contributed by atoms with E-state index in [1.165, 1.54) is 0 Å². The second kappa shape index (κ2) is 6.18. The van der Waals surface area contributed by atoms with Gasteiger partial charge in [0.2, 0.25) is 5.91 Å². The highest BCUT2D eigenvalue weighted by Gasteiger charge is 2.30. The Hall–Kier alpha value is -2.11. The monoisotopic (exact) mass is 317 g/mol. The third-order valence-electron chi connectivity index (χ3n) is 4.89. The van der Waals surface area contributed by atoms with E-state index in [9.17, 15) is 14.4 Å². The van der Waals surface area contributed by atoms with Crippen molar-refractivity contribution >= 4 is 11.8 Å². The molecule has 6 heteroatoms. The molecule has 0 bridgehead atoms. The summed E-state index contributed by atoms with van der Waals surface area (Å²) in [4.78, 5) is 43.0. The molecule has 1 N–H and O–H groups in total. The van der Waals surface area contributed by atoms with Crippen LogP contribution in [-0.2, 0) is 17.6 Å². The van der Waals surface area contributed by atoms with Gasteiger partial charge in [-0.3, -0.25) is 14.4 Å². The van der Waals surface area contributed by atoms with Gasteiger partial charge in [-0.1, -0.05) is 0 Å². The van der Waals surface area contributed by atoms with Crippen LogP contribution in [0.5, 0.6) is 0 Å². The fourth-order valence-electron chi connectivity index (χ4n) is 3.54. The quantitative estimate of drug-likeness (QED) is 0.877. The van der Waals surface area contributed by atoms with Gasteiger partial charge < -0.3 is 14.8 Å². The molecule has 0 spiro atoms. The van der Waals surface area contributed by atoms with E-state index < -0.39 is 0 Å². The van der Waals surface area contributed by atoms with Crippen molar-refractivity contribution in [2.45, 2.75) is 32.1 Å². The molecule has 23 heavy (non-hydrogen) atoms. The number of fused-ring (bicyclic) bond motifs is 1. The van der Waals surface area contributed by atoms with Gasteiger partial charge in [-0.2, -0.15) is 0 Å². The van der Waals surface area contributed by atoms with E-state index in [4.69, 9.17) is 0 Å². The molecule has 1 fully saturated rings. The second-order valence-electron chi connectivity index (χ2n) is 6.67. The Morgan fingerprint density at radius 3 is 2.57 bits per heavy atom. The molecular weight excluding hydrogens is 294 g/mol. The fourth-order valence-corrected chi connectivity index (χ4v) is 3.54. The molecule has 1 saturated heterocycles. The summed E-state index contributed by atoms with van der Waals surface area (Å²) in [5.41, 5.74) is 2.01. The summed E-state index contributed by atoms with van der Waals surface area (Å²) in [6.07, 6.45) is 4.15. The number of nitrogens with zero attached hydrogens (tertiary/aromatic N) is 2. The van der Waals surface area contributed by atoms with E-state index in [0.29, 0.717) is 25.9 Å². The van der Waals surface area contributed by atoms with Crippen molar-refractivity contribution in [1.82, 2.24) is 14.8 Å². The lowest BCUT2D eigenvalue weighted by Crippen LogP contribution is -2.44. The maximum atomic E-state index is 12.6. The van der Waals surface area contributed by atoms with Crippen LogP contribution in [0.3, 0.4) is 0 Å². The van der Waals surface area contributed by atoms with Crippen LogP contribution in [0.1, 0.15) is 40.9 Å². The number of carbonyl (C=O) groups is 2. The molecular formula is C17H23N3O3. The Kier molecular flexibility index (Phi) is 4.24. The van der Waals surface area contributed by atoms with Gasteiger partial charge in [0.05, 0.1) is 0 Å². The first kappa shape index (κ1) is 15.8. The lowest BCUT2D eigenvalue weighted by Gasteiger charge is -2.32. The highest BCUT2D eigenvalue weighted by Crippen LogP contribution is 2.22. The van der Waals surface area contributed by atoms with Gasteiger partial charge in [0.1, 0.15) is 5.56 Å². The molecule has 3 rings (SSSR count). The average Bonchev–Trinajstić information content (AvgIpc) is 3.00. The lowest BCUT2D eigenvalue weighted by atomic mass is 9.95. The lowest BCUT2D eigenvalue weighted by molar-refractivity contribution is -0.134. The zero-order valence-electron chi connectivity index (χ0n) is 13.7. The number of aryl methyl sites for hydroxylation is 2. The number of pyridine rings is 1. The van der Waals surface area contributed by atoms with Crippen molar-refractivity contribution in [3.63, 3.8) is 0 Å². The Morgan fingerprint density at radius 2 is 1.91 bits per heavy atom. The number of piperidine rings is 1. The number of hydrogen-bond donors (Lipinski definition) is 1. The Morgan fingerprint density at radius 1 is 1.22 bits per heavy atom. The van der Waals surface area contributed by atoms with Gasteiger partial charge in [-0.25, -0.2) is 0 Å². The maximum absolute atomic E-state index is 12.6. The van der Waals surface area contributed by atoms with Crippen LogP contribution in [0.4, 0.5) is 0 Å². The van der Waals surface area contributed by atoms with Crippen LogP contribution in [-0.4, -0.2) is 53.8 Å². The number of rotatable bonds is 2. The predicted molar refractivity (Wildman–Crippen MR) is 86.4 cm³/mol. The second-order valence-corrected chi connectivity index (χ2v) is 6.67. The predicted octanol–water partition coefficient (Wildman–Crippen LogP) is 0.804. The minimum atomic E-state index is -0.290. The molecule has 1 aliphatic carbocycles. The van der Waals surface area contributed by atoms with Crippen molar-refractivity contribution in [3.8, 4) is 0 Å². The van der Waals surface area contributed by atoms with Gasteiger partial charge in [-0.05, 0) is 43.7 Å². The maximum Gasteiger partial charge on any atom is 0.261 e. The van der Waals surface area contributed by atoms with E-state index >= 15 is 0 Å². The molecule has 0 radical (unpaired) electrons. The first-order valence-corrected chi connectivity index (χ1v) is 8.23. The molecule has 1 aromatic rings. The smallest absolute Gasteiger partial charge is 0.261 e. The highest BCUT2D eigenvalue weighted by atomic mass is 16.2. The Labute approximate surface area is 135 Å². The van der Waals surface area contributed by atoms with Crippen LogP contribution in [0, 0.1) is 5.92 Å².